The summed E-state index contributed by atoms with van der Waals surface area (Å²) in [5.74, 6) is 0.888. The molecule has 0 spiro atoms. The van der Waals surface area contributed by atoms with Crippen molar-refractivity contribution in [1.29, 1.82) is 0 Å². The summed E-state index contributed by atoms with van der Waals surface area (Å²) in [6, 6.07) is 11.9. The number of benzene rings is 1. The third kappa shape index (κ3) is 2.81. The second kappa shape index (κ2) is 4.60. The smallest absolute Gasteiger partial charge is 0.119 e. The second-order valence-electron chi connectivity index (χ2n) is 3.47. The van der Waals surface area contributed by atoms with Gasteiger partial charge in [0.25, 0.3) is 0 Å². The van der Waals surface area contributed by atoms with Crippen molar-refractivity contribution in [2.24, 2.45) is 0 Å². The van der Waals surface area contributed by atoms with Gasteiger partial charge >= 0.3 is 0 Å². The molecule has 1 heterocycles. The first-order valence-corrected chi connectivity index (χ1v) is 4.93. The van der Waals surface area contributed by atoms with Crippen molar-refractivity contribution < 1.29 is 4.74 Å². The maximum absolute atomic E-state index is 5.61. The molecule has 0 N–H and O–H groups in total. The molecule has 0 aliphatic rings. The molecule has 0 amide bonds. The molecular weight excluding hydrogens is 186 g/mol. The highest BCUT2D eigenvalue weighted by molar-refractivity contribution is 5.22. The van der Waals surface area contributed by atoms with E-state index >= 15 is 0 Å². The number of para-hydroxylation sites is 1. The van der Waals surface area contributed by atoms with E-state index in [9.17, 15) is 0 Å². The molecule has 0 aliphatic carbocycles. The van der Waals surface area contributed by atoms with Crippen LogP contribution in [0.5, 0.6) is 5.75 Å². The van der Waals surface area contributed by atoms with Crippen molar-refractivity contribution in [2.75, 3.05) is 0 Å². The fourth-order valence-corrected chi connectivity index (χ4v) is 1.38. The molecule has 2 heteroatoms. The number of hydrogen-bond donors (Lipinski definition) is 0. The number of rotatable bonds is 3. The number of pyridine rings is 1. The summed E-state index contributed by atoms with van der Waals surface area (Å²) in [5, 5.41) is 0. The van der Waals surface area contributed by atoms with Crippen LogP contribution in [0.4, 0.5) is 0 Å². The highest BCUT2D eigenvalue weighted by Gasteiger charge is 1.95. The number of nitrogens with zero attached hydrogens (tertiary/aromatic N) is 1. The molecule has 2 aromatic rings. The van der Waals surface area contributed by atoms with Crippen LogP contribution < -0.4 is 4.74 Å². The molecule has 0 atom stereocenters. The lowest BCUT2D eigenvalue weighted by Crippen LogP contribution is -1.96. The maximum Gasteiger partial charge on any atom is 0.119 e. The summed E-state index contributed by atoms with van der Waals surface area (Å²) in [7, 11) is 0. The zero-order valence-electron chi connectivity index (χ0n) is 8.68. The second-order valence-corrected chi connectivity index (χ2v) is 3.47. The van der Waals surface area contributed by atoms with E-state index in [1.807, 2.05) is 49.6 Å². The standard InChI is InChI=1S/C13H13NO/c1-11-7-12(9-14-8-11)10-15-13-5-3-2-4-6-13/h2-9H,10H2,1H3. The van der Waals surface area contributed by atoms with Crippen LogP contribution in [0.3, 0.4) is 0 Å². The highest BCUT2D eigenvalue weighted by atomic mass is 16.5. The van der Waals surface area contributed by atoms with Gasteiger partial charge in [0.1, 0.15) is 12.4 Å². The lowest BCUT2D eigenvalue weighted by atomic mass is 10.2. The maximum atomic E-state index is 5.61. The van der Waals surface area contributed by atoms with Crippen molar-refractivity contribution in [3.63, 3.8) is 0 Å². The van der Waals surface area contributed by atoms with E-state index in [1.54, 1.807) is 0 Å². The minimum Gasteiger partial charge on any atom is -0.489 e. The highest BCUT2D eigenvalue weighted by Crippen LogP contribution is 2.11. The summed E-state index contributed by atoms with van der Waals surface area (Å²) in [6.45, 7) is 2.59. The van der Waals surface area contributed by atoms with Gasteiger partial charge in [0.2, 0.25) is 0 Å². The molecule has 0 aliphatic heterocycles. The van der Waals surface area contributed by atoms with E-state index in [4.69, 9.17) is 4.74 Å². The molecule has 0 unspecified atom stereocenters. The Kier molecular flexibility index (Phi) is 2.98. The number of aryl methyl sites for hydroxylation is 1. The molecule has 2 nitrogen and oxygen atoms in total. The van der Waals surface area contributed by atoms with Crippen LogP contribution in [0.1, 0.15) is 11.1 Å². The Morgan fingerprint density at radius 2 is 1.93 bits per heavy atom. The third-order valence-electron chi connectivity index (χ3n) is 2.08. The predicted octanol–water partition coefficient (Wildman–Crippen LogP) is 2.97. The molecule has 0 bridgehead atoms. The lowest BCUT2D eigenvalue weighted by molar-refractivity contribution is 0.305. The van der Waals surface area contributed by atoms with Crippen molar-refractivity contribution >= 4 is 0 Å². The van der Waals surface area contributed by atoms with E-state index in [1.165, 1.54) is 0 Å². The minimum atomic E-state index is 0.568. The lowest BCUT2D eigenvalue weighted by Gasteiger charge is -2.05. The first-order chi connectivity index (χ1) is 7.34. The van der Waals surface area contributed by atoms with Crippen LogP contribution in [0.15, 0.2) is 48.8 Å². The van der Waals surface area contributed by atoms with Crippen molar-refractivity contribution in [1.82, 2.24) is 4.98 Å². The average Bonchev–Trinajstić information content (AvgIpc) is 2.28. The SMILES string of the molecule is Cc1cncc(COc2ccccc2)c1. The van der Waals surface area contributed by atoms with Crippen LogP contribution in [-0.4, -0.2) is 4.98 Å². The number of aromatic nitrogens is 1. The molecular formula is C13H13NO. The fraction of sp³-hybridized carbons (Fsp3) is 0.154. The first kappa shape index (κ1) is 9.71. The van der Waals surface area contributed by atoms with Gasteiger partial charge in [0, 0.05) is 18.0 Å². The van der Waals surface area contributed by atoms with Gasteiger partial charge in [0.15, 0.2) is 0 Å². The third-order valence-corrected chi connectivity index (χ3v) is 2.08. The van der Waals surface area contributed by atoms with E-state index in [0.717, 1.165) is 16.9 Å². The average molecular weight is 199 g/mol. The van der Waals surface area contributed by atoms with Gasteiger partial charge in [-0.1, -0.05) is 18.2 Å². The van der Waals surface area contributed by atoms with Crippen molar-refractivity contribution in [3.8, 4) is 5.75 Å². The first-order valence-electron chi connectivity index (χ1n) is 4.93. The van der Waals surface area contributed by atoms with Gasteiger partial charge in [-0.2, -0.15) is 0 Å². The van der Waals surface area contributed by atoms with Crippen molar-refractivity contribution in [3.05, 3.63) is 59.9 Å². The largest absolute Gasteiger partial charge is 0.489 e. The van der Waals surface area contributed by atoms with Crippen LogP contribution >= 0.6 is 0 Å². The zero-order valence-corrected chi connectivity index (χ0v) is 8.68. The fourth-order valence-electron chi connectivity index (χ4n) is 1.38. The number of hydrogen-bond acceptors (Lipinski definition) is 2. The van der Waals surface area contributed by atoms with E-state index in [0.29, 0.717) is 6.61 Å². The molecule has 1 aromatic heterocycles. The Morgan fingerprint density at radius 3 is 2.67 bits per heavy atom. The van der Waals surface area contributed by atoms with Crippen LogP contribution in [0.25, 0.3) is 0 Å². The molecule has 0 saturated heterocycles. The van der Waals surface area contributed by atoms with Gasteiger partial charge in [-0.05, 0) is 30.7 Å². The molecule has 76 valence electrons. The summed E-state index contributed by atoms with van der Waals surface area (Å²) in [6.07, 6.45) is 3.67. The van der Waals surface area contributed by atoms with E-state index < -0.39 is 0 Å². The predicted molar refractivity (Wildman–Crippen MR) is 59.7 cm³/mol. The molecule has 0 radical (unpaired) electrons. The van der Waals surface area contributed by atoms with Crippen molar-refractivity contribution in [2.45, 2.75) is 13.5 Å². The van der Waals surface area contributed by atoms with E-state index in [-0.39, 0.29) is 0 Å². The van der Waals surface area contributed by atoms with Crippen LogP contribution in [0, 0.1) is 6.92 Å². The van der Waals surface area contributed by atoms with Gasteiger partial charge in [-0.15, -0.1) is 0 Å². The minimum absolute atomic E-state index is 0.568. The summed E-state index contributed by atoms with van der Waals surface area (Å²) >= 11 is 0. The molecule has 1 aromatic carbocycles. The van der Waals surface area contributed by atoms with Gasteiger partial charge < -0.3 is 4.74 Å². The molecule has 0 saturated carbocycles. The quantitative estimate of drug-likeness (QED) is 0.758. The normalized spacial score (nSPS) is 9.93. The summed E-state index contributed by atoms with van der Waals surface area (Å²) < 4.78 is 5.61. The van der Waals surface area contributed by atoms with Gasteiger partial charge in [-0.25, -0.2) is 0 Å². The topological polar surface area (TPSA) is 22.1 Å². The summed E-state index contributed by atoms with van der Waals surface area (Å²) in [5.41, 5.74) is 2.25. The Labute approximate surface area is 89.6 Å². The monoisotopic (exact) mass is 199 g/mol. The van der Waals surface area contributed by atoms with E-state index in [2.05, 4.69) is 11.1 Å². The van der Waals surface area contributed by atoms with Crippen LogP contribution in [0.2, 0.25) is 0 Å². The van der Waals surface area contributed by atoms with Gasteiger partial charge in [-0.3, -0.25) is 4.98 Å². The Balaban J connectivity index is 1.99. The Hall–Kier alpha value is -1.83. The summed E-state index contributed by atoms with van der Waals surface area (Å²) in [4.78, 5) is 4.12. The zero-order chi connectivity index (χ0) is 10.5. The molecule has 15 heavy (non-hydrogen) atoms. The molecule has 2 rings (SSSR count). The number of ether oxygens (including phenoxy) is 1. The Bertz CT molecular complexity index is 426. The van der Waals surface area contributed by atoms with Crippen LogP contribution in [-0.2, 0) is 6.61 Å². The van der Waals surface area contributed by atoms with Gasteiger partial charge in [0.05, 0.1) is 0 Å². The Morgan fingerprint density at radius 1 is 1.13 bits per heavy atom. The molecule has 0 fully saturated rings.